The van der Waals surface area contributed by atoms with Gasteiger partial charge >= 0.3 is 0 Å². The Morgan fingerprint density at radius 2 is 1.89 bits per heavy atom. The summed E-state index contributed by atoms with van der Waals surface area (Å²) in [5, 5.41) is 0. The lowest BCUT2D eigenvalue weighted by Gasteiger charge is -2.16. The first-order valence-electron chi connectivity index (χ1n) is 6.18. The predicted octanol–water partition coefficient (Wildman–Crippen LogP) is 4.35. The molecule has 4 heteroatoms. The van der Waals surface area contributed by atoms with Crippen molar-refractivity contribution in [1.29, 1.82) is 0 Å². The summed E-state index contributed by atoms with van der Waals surface area (Å²) >= 11 is 4.99. The van der Waals surface area contributed by atoms with E-state index in [4.69, 9.17) is 0 Å². The monoisotopic (exact) mass is 337 g/mol. The van der Waals surface area contributed by atoms with Crippen LogP contribution in [0.4, 0.5) is 0 Å². The van der Waals surface area contributed by atoms with Crippen LogP contribution in [-0.2, 0) is 13.0 Å². The number of nitrogens with zero attached hydrogens (tertiary/aromatic N) is 1. The normalized spacial score (nSPS) is 10.5. The molecule has 1 amide bonds. The number of carbonyl (C=O) groups excluding carboxylic acids is 1. The standard InChI is InChI=1S/C15H16BrNOS/c1-3-13-8-9-14(19-13)15(18)17(2)10-11-4-6-12(16)7-5-11/h4-9H,3,10H2,1-2H3. The lowest BCUT2D eigenvalue weighted by Crippen LogP contribution is -2.25. The molecule has 0 unspecified atom stereocenters. The van der Waals surface area contributed by atoms with E-state index in [-0.39, 0.29) is 5.91 Å². The zero-order chi connectivity index (χ0) is 13.8. The average molecular weight is 338 g/mol. The third-order valence-electron chi connectivity index (χ3n) is 2.90. The molecule has 1 aromatic carbocycles. The van der Waals surface area contributed by atoms with Crippen molar-refractivity contribution in [3.63, 3.8) is 0 Å². The molecule has 0 atom stereocenters. The number of hydrogen-bond donors (Lipinski definition) is 0. The summed E-state index contributed by atoms with van der Waals surface area (Å²) in [5.74, 6) is 0.0904. The topological polar surface area (TPSA) is 20.3 Å². The van der Waals surface area contributed by atoms with Crippen LogP contribution in [0.15, 0.2) is 40.9 Å². The maximum absolute atomic E-state index is 12.3. The van der Waals surface area contributed by atoms with Gasteiger partial charge in [-0.25, -0.2) is 0 Å². The van der Waals surface area contributed by atoms with Crippen LogP contribution in [0.2, 0.25) is 0 Å². The van der Waals surface area contributed by atoms with Crippen LogP contribution in [-0.4, -0.2) is 17.9 Å². The molecule has 2 nitrogen and oxygen atoms in total. The molecule has 0 saturated carbocycles. The van der Waals surface area contributed by atoms with Crippen LogP contribution in [0.5, 0.6) is 0 Å². The van der Waals surface area contributed by atoms with E-state index >= 15 is 0 Å². The Bertz CT molecular complexity index is 562. The fourth-order valence-corrected chi connectivity index (χ4v) is 3.01. The number of amides is 1. The van der Waals surface area contributed by atoms with Crippen molar-refractivity contribution in [2.45, 2.75) is 19.9 Å². The van der Waals surface area contributed by atoms with E-state index in [1.165, 1.54) is 4.88 Å². The molecule has 2 rings (SSSR count). The average Bonchev–Trinajstić information content (AvgIpc) is 2.89. The van der Waals surface area contributed by atoms with Gasteiger partial charge in [-0.3, -0.25) is 4.79 Å². The Kier molecular flexibility index (Phi) is 4.77. The summed E-state index contributed by atoms with van der Waals surface area (Å²) in [6.07, 6.45) is 0.981. The second kappa shape index (κ2) is 6.35. The van der Waals surface area contributed by atoms with Gasteiger partial charge in [0.25, 0.3) is 5.91 Å². The van der Waals surface area contributed by atoms with Gasteiger partial charge in [-0.1, -0.05) is 35.0 Å². The Hall–Kier alpha value is -1.13. The summed E-state index contributed by atoms with van der Waals surface area (Å²) in [6.45, 7) is 2.73. The molecule has 0 aliphatic heterocycles. The molecule has 2 aromatic rings. The van der Waals surface area contributed by atoms with E-state index in [0.29, 0.717) is 6.54 Å². The molecule has 1 aromatic heterocycles. The zero-order valence-electron chi connectivity index (χ0n) is 11.0. The maximum atomic E-state index is 12.3. The lowest BCUT2D eigenvalue weighted by molar-refractivity contribution is 0.0790. The summed E-state index contributed by atoms with van der Waals surface area (Å²) in [4.78, 5) is 16.1. The molecule has 19 heavy (non-hydrogen) atoms. The Morgan fingerprint density at radius 3 is 2.47 bits per heavy atom. The Balaban J connectivity index is 2.04. The van der Waals surface area contributed by atoms with Crippen LogP contribution in [0.1, 0.15) is 27.0 Å². The highest BCUT2D eigenvalue weighted by Crippen LogP contribution is 2.19. The van der Waals surface area contributed by atoms with Gasteiger partial charge in [0.2, 0.25) is 0 Å². The van der Waals surface area contributed by atoms with E-state index in [1.54, 1.807) is 16.2 Å². The smallest absolute Gasteiger partial charge is 0.263 e. The van der Waals surface area contributed by atoms with Crippen LogP contribution in [0.3, 0.4) is 0 Å². The number of benzene rings is 1. The first-order chi connectivity index (χ1) is 9.10. The van der Waals surface area contributed by atoms with E-state index in [9.17, 15) is 4.79 Å². The van der Waals surface area contributed by atoms with Crippen molar-refractivity contribution < 1.29 is 4.79 Å². The van der Waals surface area contributed by atoms with Crippen molar-refractivity contribution >= 4 is 33.2 Å². The van der Waals surface area contributed by atoms with Crippen molar-refractivity contribution in [2.75, 3.05) is 7.05 Å². The van der Waals surface area contributed by atoms with Gasteiger partial charge in [0, 0.05) is 22.9 Å². The van der Waals surface area contributed by atoms with Crippen molar-refractivity contribution in [3.8, 4) is 0 Å². The fraction of sp³-hybridized carbons (Fsp3) is 0.267. The molecule has 0 fully saturated rings. The Morgan fingerprint density at radius 1 is 1.21 bits per heavy atom. The van der Waals surface area contributed by atoms with Gasteiger partial charge in [0.15, 0.2) is 0 Å². The number of halogens is 1. The van der Waals surface area contributed by atoms with Crippen molar-refractivity contribution in [2.24, 2.45) is 0 Å². The lowest BCUT2D eigenvalue weighted by atomic mass is 10.2. The molecule has 1 heterocycles. The van der Waals surface area contributed by atoms with Crippen LogP contribution in [0, 0.1) is 0 Å². The summed E-state index contributed by atoms with van der Waals surface area (Å²) < 4.78 is 1.05. The van der Waals surface area contributed by atoms with Crippen LogP contribution in [0.25, 0.3) is 0 Å². The van der Waals surface area contributed by atoms with Gasteiger partial charge < -0.3 is 4.90 Å². The molecule has 0 saturated heterocycles. The number of thiophene rings is 1. The van der Waals surface area contributed by atoms with Gasteiger partial charge in [-0.15, -0.1) is 11.3 Å². The predicted molar refractivity (Wildman–Crippen MR) is 83.6 cm³/mol. The minimum Gasteiger partial charge on any atom is -0.337 e. The molecule has 0 aliphatic carbocycles. The van der Waals surface area contributed by atoms with Gasteiger partial charge in [0.1, 0.15) is 0 Å². The quantitative estimate of drug-likeness (QED) is 0.812. The third-order valence-corrected chi connectivity index (χ3v) is 4.65. The van der Waals surface area contributed by atoms with E-state index in [1.807, 2.05) is 43.4 Å². The summed E-state index contributed by atoms with van der Waals surface area (Å²) in [6, 6.07) is 12.0. The number of aryl methyl sites for hydroxylation is 1. The van der Waals surface area contributed by atoms with Crippen molar-refractivity contribution in [1.82, 2.24) is 4.90 Å². The number of rotatable bonds is 4. The molecular formula is C15H16BrNOS. The molecule has 0 spiro atoms. The zero-order valence-corrected chi connectivity index (χ0v) is 13.4. The van der Waals surface area contributed by atoms with Crippen LogP contribution < -0.4 is 0 Å². The molecule has 0 N–H and O–H groups in total. The molecule has 0 bridgehead atoms. The summed E-state index contributed by atoms with van der Waals surface area (Å²) in [5.41, 5.74) is 1.13. The fourth-order valence-electron chi connectivity index (χ4n) is 1.81. The first-order valence-corrected chi connectivity index (χ1v) is 7.79. The van der Waals surface area contributed by atoms with Crippen molar-refractivity contribution in [3.05, 3.63) is 56.2 Å². The second-order valence-electron chi connectivity index (χ2n) is 4.41. The molecular weight excluding hydrogens is 322 g/mol. The largest absolute Gasteiger partial charge is 0.337 e. The van der Waals surface area contributed by atoms with Gasteiger partial charge in [-0.05, 0) is 36.2 Å². The Labute approximate surface area is 126 Å². The highest BCUT2D eigenvalue weighted by atomic mass is 79.9. The van der Waals surface area contributed by atoms with Gasteiger partial charge in [-0.2, -0.15) is 0 Å². The maximum Gasteiger partial charge on any atom is 0.263 e. The molecule has 100 valence electrons. The van der Waals surface area contributed by atoms with Crippen LogP contribution >= 0.6 is 27.3 Å². The molecule has 0 radical (unpaired) electrons. The number of hydrogen-bond acceptors (Lipinski definition) is 2. The minimum atomic E-state index is 0.0904. The molecule has 0 aliphatic rings. The third kappa shape index (κ3) is 3.67. The highest BCUT2D eigenvalue weighted by Gasteiger charge is 2.14. The first kappa shape index (κ1) is 14.3. The van der Waals surface area contributed by atoms with E-state index in [0.717, 1.165) is 21.3 Å². The van der Waals surface area contributed by atoms with E-state index in [2.05, 4.69) is 22.9 Å². The minimum absolute atomic E-state index is 0.0904. The van der Waals surface area contributed by atoms with Gasteiger partial charge in [0.05, 0.1) is 4.88 Å². The summed E-state index contributed by atoms with van der Waals surface area (Å²) in [7, 11) is 1.84. The highest BCUT2D eigenvalue weighted by molar-refractivity contribution is 9.10. The SMILES string of the molecule is CCc1ccc(C(=O)N(C)Cc2ccc(Br)cc2)s1. The van der Waals surface area contributed by atoms with E-state index < -0.39 is 0 Å². The number of carbonyl (C=O) groups is 1. The second-order valence-corrected chi connectivity index (χ2v) is 6.49.